The highest BCUT2D eigenvalue weighted by Crippen LogP contribution is 2.31. The van der Waals surface area contributed by atoms with Crippen molar-refractivity contribution < 1.29 is 4.74 Å². The van der Waals surface area contributed by atoms with Crippen LogP contribution in [-0.2, 0) is 30.9 Å². The SMILES string of the molecule is COCCn1cnnc1CN(C)Cc1ccc2n(c1=O)C[C@@H]1CNC[C@H]2C1.Cl.Cl. The average Bonchev–Trinajstić information content (AvgIpc) is 3.10. The number of fused-ring (bicyclic) bond motifs is 4. The van der Waals surface area contributed by atoms with Gasteiger partial charge in [-0.3, -0.25) is 9.69 Å². The van der Waals surface area contributed by atoms with E-state index in [2.05, 4.69) is 26.5 Å². The van der Waals surface area contributed by atoms with Crippen LogP contribution in [0, 0.1) is 5.92 Å². The number of hydrogen-bond acceptors (Lipinski definition) is 6. The monoisotopic (exact) mass is 444 g/mol. The normalized spacial score (nSPS) is 20.0. The van der Waals surface area contributed by atoms with E-state index in [0.717, 1.165) is 37.6 Å². The highest BCUT2D eigenvalue weighted by atomic mass is 35.5. The van der Waals surface area contributed by atoms with Gasteiger partial charge in [-0.05, 0) is 32.0 Å². The second-order valence-electron chi connectivity index (χ2n) is 7.76. The molecule has 0 radical (unpaired) electrons. The third-order valence-corrected chi connectivity index (χ3v) is 5.67. The Morgan fingerprint density at radius 2 is 2.10 bits per heavy atom. The fourth-order valence-corrected chi connectivity index (χ4v) is 4.32. The number of hydrogen-bond donors (Lipinski definition) is 1. The molecular formula is C19H30Cl2N6O2. The Kier molecular flexibility index (Phi) is 8.66. The highest BCUT2D eigenvalue weighted by Gasteiger charge is 2.31. The zero-order valence-corrected chi connectivity index (χ0v) is 18.5. The van der Waals surface area contributed by atoms with E-state index in [1.165, 1.54) is 12.1 Å². The molecule has 1 saturated heterocycles. The Balaban J connectivity index is 0.00000150. The Morgan fingerprint density at radius 1 is 1.28 bits per heavy atom. The highest BCUT2D eigenvalue weighted by molar-refractivity contribution is 5.85. The maximum absolute atomic E-state index is 13.1. The van der Waals surface area contributed by atoms with Gasteiger partial charge in [0, 0.05) is 50.5 Å². The van der Waals surface area contributed by atoms with Gasteiger partial charge in [-0.15, -0.1) is 35.0 Å². The topological polar surface area (TPSA) is 77.2 Å². The first-order valence-corrected chi connectivity index (χ1v) is 9.63. The summed E-state index contributed by atoms with van der Waals surface area (Å²) in [7, 11) is 3.70. The summed E-state index contributed by atoms with van der Waals surface area (Å²) in [5, 5.41) is 11.7. The molecule has 2 aromatic rings. The predicted molar refractivity (Wildman–Crippen MR) is 116 cm³/mol. The van der Waals surface area contributed by atoms with E-state index in [4.69, 9.17) is 4.74 Å². The van der Waals surface area contributed by atoms with Gasteiger partial charge in [0.15, 0.2) is 0 Å². The maximum atomic E-state index is 13.1. The number of methoxy groups -OCH3 is 1. The molecule has 2 bridgehead atoms. The van der Waals surface area contributed by atoms with Gasteiger partial charge < -0.3 is 19.2 Å². The van der Waals surface area contributed by atoms with Crippen molar-refractivity contribution in [2.45, 2.75) is 38.5 Å². The van der Waals surface area contributed by atoms with Gasteiger partial charge in [0.05, 0.1) is 13.2 Å². The summed E-state index contributed by atoms with van der Waals surface area (Å²) in [6.45, 7) is 5.42. The molecule has 4 rings (SSSR count). The van der Waals surface area contributed by atoms with Crippen LogP contribution in [0.5, 0.6) is 0 Å². The number of halogens is 2. The number of rotatable bonds is 7. The zero-order chi connectivity index (χ0) is 18.8. The molecule has 29 heavy (non-hydrogen) atoms. The predicted octanol–water partition coefficient (Wildman–Crippen LogP) is 1.27. The van der Waals surface area contributed by atoms with E-state index in [0.29, 0.717) is 31.5 Å². The minimum Gasteiger partial charge on any atom is -0.383 e. The van der Waals surface area contributed by atoms with Gasteiger partial charge in [0.2, 0.25) is 0 Å². The molecule has 0 amide bonds. The summed E-state index contributed by atoms with van der Waals surface area (Å²) < 4.78 is 9.14. The zero-order valence-electron chi connectivity index (χ0n) is 16.9. The lowest BCUT2D eigenvalue weighted by Gasteiger charge is -2.37. The molecule has 2 atom stereocenters. The van der Waals surface area contributed by atoms with Crippen molar-refractivity contribution in [3.05, 3.63) is 45.9 Å². The largest absolute Gasteiger partial charge is 0.383 e. The molecule has 2 aliphatic rings. The lowest BCUT2D eigenvalue weighted by Crippen LogP contribution is -2.45. The lowest BCUT2D eigenvalue weighted by molar-refractivity contribution is 0.184. The lowest BCUT2D eigenvalue weighted by atomic mass is 9.84. The van der Waals surface area contributed by atoms with Crippen LogP contribution in [0.2, 0.25) is 0 Å². The quantitative estimate of drug-likeness (QED) is 0.692. The van der Waals surface area contributed by atoms with Crippen molar-refractivity contribution in [1.29, 1.82) is 0 Å². The third-order valence-electron chi connectivity index (χ3n) is 5.67. The molecule has 162 valence electrons. The number of pyridine rings is 1. The smallest absolute Gasteiger partial charge is 0.255 e. The number of nitrogens with one attached hydrogen (secondary N) is 1. The molecule has 10 heteroatoms. The minimum atomic E-state index is 0. The summed E-state index contributed by atoms with van der Waals surface area (Å²) in [6.07, 6.45) is 2.92. The van der Waals surface area contributed by atoms with Crippen molar-refractivity contribution in [1.82, 2.24) is 29.5 Å². The van der Waals surface area contributed by atoms with E-state index in [-0.39, 0.29) is 30.4 Å². The molecule has 2 aliphatic heterocycles. The van der Waals surface area contributed by atoms with Crippen molar-refractivity contribution in [3.8, 4) is 0 Å². The van der Waals surface area contributed by atoms with Crippen LogP contribution in [0.15, 0.2) is 23.3 Å². The molecule has 0 saturated carbocycles. The van der Waals surface area contributed by atoms with E-state index >= 15 is 0 Å². The third kappa shape index (κ3) is 5.19. The van der Waals surface area contributed by atoms with Crippen molar-refractivity contribution >= 4 is 24.8 Å². The van der Waals surface area contributed by atoms with Crippen LogP contribution in [0.3, 0.4) is 0 Å². The first-order chi connectivity index (χ1) is 13.2. The molecule has 0 spiro atoms. The van der Waals surface area contributed by atoms with Gasteiger partial charge in [0.1, 0.15) is 12.2 Å². The first-order valence-electron chi connectivity index (χ1n) is 9.63. The van der Waals surface area contributed by atoms with Crippen LogP contribution in [0.25, 0.3) is 0 Å². The molecule has 1 fully saturated rings. The molecule has 0 aliphatic carbocycles. The van der Waals surface area contributed by atoms with E-state index in [1.807, 2.05) is 22.2 Å². The van der Waals surface area contributed by atoms with Crippen LogP contribution >= 0.6 is 24.8 Å². The van der Waals surface area contributed by atoms with Crippen molar-refractivity contribution in [3.63, 3.8) is 0 Å². The number of nitrogens with zero attached hydrogens (tertiary/aromatic N) is 5. The van der Waals surface area contributed by atoms with E-state index in [9.17, 15) is 4.79 Å². The second kappa shape index (κ2) is 10.5. The van der Waals surface area contributed by atoms with Gasteiger partial charge in [0.25, 0.3) is 5.56 Å². The standard InChI is InChI=1S/C19H28N6O2.2ClH/c1-23(12-18-22-21-13-24(18)5-6-27-2)11-15-3-4-17-16-7-14(8-20-9-16)10-25(17)19(15)26;;/h3-4,13-14,16,20H,5-12H2,1-2H3;2*1H/t14-,16+;;/m0../s1. The maximum Gasteiger partial charge on any atom is 0.255 e. The molecule has 0 aromatic carbocycles. The number of aromatic nitrogens is 4. The Hall–Kier alpha value is -1.45. The second-order valence-corrected chi connectivity index (χ2v) is 7.76. The Bertz CT molecular complexity index is 855. The molecule has 2 aromatic heterocycles. The summed E-state index contributed by atoms with van der Waals surface area (Å²) in [4.78, 5) is 15.2. The first kappa shape index (κ1) is 23.8. The van der Waals surface area contributed by atoms with E-state index in [1.54, 1.807) is 13.4 Å². The van der Waals surface area contributed by atoms with Gasteiger partial charge in [-0.25, -0.2) is 0 Å². The number of ether oxygens (including phenoxy) is 1. The van der Waals surface area contributed by atoms with E-state index < -0.39 is 0 Å². The van der Waals surface area contributed by atoms with Crippen molar-refractivity contribution in [2.75, 3.05) is 33.9 Å². The Labute approximate surface area is 183 Å². The molecule has 1 N–H and O–H groups in total. The fraction of sp³-hybridized carbons (Fsp3) is 0.632. The molecule has 0 unspecified atom stereocenters. The molecular weight excluding hydrogens is 415 g/mol. The molecule has 4 heterocycles. The summed E-state index contributed by atoms with van der Waals surface area (Å²) in [5.41, 5.74) is 2.20. The van der Waals surface area contributed by atoms with Crippen LogP contribution in [-0.4, -0.2) is 58.1 Å². The summed E-state index contributed by atoms with van der Waals surface area (Å²) in [5.74, 6) is 1.92. The van der Waals surface area contributed by atoms with Gasteiger partial charge >= 0.3 is 0 Å². The van der Waals surface area contributed by atoms with Gasteiger partial charge in [-0.2, -0.15) is 0 Å². The van der Waals surface area contributed by atoms with Crippen LogP contribution in [0.1, 0.15) is 29.4 Å². The van der Waals surface area contributed by atoms with Crippen molar-refractivity contribution in [2.24, 2.45) is 5.92 Å². The fourth-order valence-electron chi connectivity index (χ4n) is 4.32. The summed E-state index contributed by atoms with van der Waals surface area (Å²) >= 11 is 0. The summed E-state index contributed by atoms with van der Waals surface area (Å²) in [6, 6.07) is 4.16. The number of piperidine rings is 1. The minimum absolute atomic E-state index is 0. The molecule has 8 nitrogen and oxygen atoms in total. The Morgan fingerprint density at radius 3 is 2.90 bits per heavy atom. The van der Waals surface area contributed by atoms with Gasteiger partial charge in [-0.1, -0.05) is 6.07 Å². The van der Waals surface area contributed by atoms with Crippen LogP contribution < -0.4 is 10.9 Å². The average molecular weight is 445 g/mol. The van der Waals surface area contributed by atoms with Crippen LogP contribution in [0.4, 0.5) is 0 Å².